The normalized spacial score (nSPS) is 34.0. The number of ether oxygens (including phenoxy) is 2. The molecule has 1 unspecified atom stereocenters. The molecule has 0 saturated heterocycles. The van der Waals surface area contributed by atoms with E-state index >= 15 is 0 Å². The van der Waals surface area contributed by atoms with Crippen molar-refractivity contribution in [2.45, 2.75) is 37.2 Å². The van der Waals surface area contributed by atoms with Crippen LogP contribution < -0.4 is 4.74 Å². The van der Waals surface area contributed by atoms with E-state index in [-0.39, 0.29) is 32.6 Å². The minimum absolute atomic E-state index is 0. The van der Waals surface area contributed by atoms with Gasteiger partial charge in [-0.2, -0.15) is 12.1 Å². The number of hydrogen-bond donors (Lipinski definition) is 0. The first-order valence-electron chi connectivity index (χ1n) is 7.51. The van der Waals surface area contributed by atoms with E-state index < -0.39 is 0 Å². The Balaban J connectivity index is 0.00000115. The predicted octanol–water partition coefficient (Wildman–Crippen LogP) is 3.31. The van der Waals surface area contributed by atoms with Crippen molar-refractivity contribution in [1.82, 2.24) is 0 Å². The number of hydrogen-bond acceptors (Lipinski definition) is 2. The van der Waals surface area contributed by atoms with Crippen LogP contribution in [0.15, 0.2) is 35.6 Å². The molecule has 2 bridgehead atoms. The summed E-state index contributed by atoms with van der Waals surface area (Å²) in [6.45, 7) is 0. The average molecular weight is 361 g/mol. The van der Waals surface area contributed by atoms with Gasteiger partial charge in [0, 0.05) is 32.2 Å². The zero-order chi connectivity index (χ0) is 13.3. The van der Waals surface area contributed by atoms with E-state index in [0.29, 0.717) is 5.92 Å². The molecule has 1 aromatic rings. The van der Waals surface area contributed by atoms with Gasteiger partial charge in [-0.15, -0.1) is 11.6 Å². The van der Waals surface area contributed by atoms with Gasteiger partial charge in [-0.3, -0.25) is 0 Å². The van der Waals surface area contributed by atoms with Gasteiger partial charge in [0.2, 0.25) is 0 Å². The van der Waals surface area contributed by atoms with Gasteiger partial charge in [-0.1, -0.05) is 23.6 Å². The summed E-state index contributed by atoms with van der Waals surface area (Å²) < 4.78 is 11.9. The number of rotatable bonds is 1. The zero-order valence-electron chi connectivity index (χ0n) is 12.0. The Kier molecular flexibility index (Phi) is 2.92. The molecule has 1 aromatic carbocycles. The van der Waals surface area contributed by atoms with Crippen LogP contribution in [0.4, 0.5) is 0 Å². The van der Waals surface area contributed by atoms with Crippen molar-refractivity contribution < 1.29 is 30.5 Å². The maximum absolute atomic E-state index is 6.29. The van der Waals surface area contributed by atoms with E-state index in [1.807, 2.05) is 6.07 Å². The molecular formula is C18H17MoO2-. The van der Waals surface area contributed by atoms with Crippen molar-refractivity contribution in [3.05, 3.63) is 52.8 Å². The topological polar surface area (TPSA) is 18.5 Å². The maximum atomic E-state index is 6.29. The summed E-state index contributed by atoms with van der Waals surface area (Å²) in [6, 6.07) is 7.57. The van der Waals surface area contributed by atoms with Gasteiger partial charge in [-0.05, 0) is 31.3 Å². The van der Waals surface area contributed by atoms with Crippen molar-refractivity contribution in [3.63, 3.8) is 0 Å². The summed E-state index contributed by atoms with van der Waals surface area (Å²) in [5.41, 5.74) is 4.51. The molecule has 21 heavy (non-hydrogen) atoms. The molecular weight excluding hydrogens is 344 g/mol. The average Bonchev–Trinajstić information content (AvgIpc) is 2.80. The van der Waals surface area contributed by atoms with Gasteiger partial charge in [0.15, 0.2) is 6.10 Å². The van der Waals surface area contributed by atoms with Gasteiger partial charge >= 0.3 is 0 Å². The second kappa shape index (κ2) is 4.49. The molecule has 3 atom stereocenters. The van der Waals surface area contributed by atoms with E-state index in [2.05, 4.69) is 24.3 Å². The summed E-state index contributed by atoms with van der Waals surface area (Å²) in [6.07, 6.45) is 9.40. The molecule has 2 nitrogen and oxygen atoms in total. The predicted molar refractivity (Wildman–Crippen MR) is 75.6 cm³/mol. The Morgan fingerprint density at radius 1 is 1.38 bits per heavy atom. The Bertz CT molecular complexity index is 676. The fourth-order valence-corrected chi connectivity index (χ4v) is 4.96. The molecule has 0 radical (unpaired) electrons. The van der Waals surface area contributed by atoms with Gasteiger partial charge in [-0.25, -0.2) is 0 Å². The van der Waals surface area contributed by atoms with Crippen LogP contribution in [0, 0.1) is 12.0 Å². The van der Waals surface area contributed by atoms with Crippen molar-refractivity contribution in [2.75, 3.05) is 7.11 Å². The number of methoxy groups -OCH3 is 1. The minimum atomic E-state index is 0. The number of allylic oxidation sites excluding steroid dienone is 2. The van der Waals surface area contributed by atoms with E-state index in [0.717, 1.165) is 17.9 Å². The Morgan fingerprint density at radius 2 is 2.29 bits per heavy atom. The Hall–Kier alpha value is -1.01. The summed E-state index contributed by atoms with van der Waals surface area (Å²) in [5, 5.41) is 0. The van der Waals surface area contributed by atoms with Gasteiger partial charge in [0.25, 0.3) is 0 Å². The second-order valence-corrected chi connectivity index (χ2v) is 6.36. The molecule has 0 amide bonds. The summed E-state index contributed by atoms with van der Waals surface area (Å²) in [4.78, 5) is 0. The monoisotopic (exact) mass is 363 g/mol. The largest absolute Gasteiger partial charge is 0.508 e. The zero-order valence-corrected chi connectivity index (χ0v) is 14.0. The fraction of sp³-hybridized carbons (Fsp3) is 0.444. The van der Waals surface area contributed by atoms with Gasteiger partial charge in [0.05, 0.1) is 7.11 Å². The maximum Gasteiger partial charge on any atom is 0.155 e. The fourth-order valence-electron chi connectivity index (χ4n) is 4.96. The minimum Gasteiger partial charge on any atom is -0.508 e. The third-order valence-corrected chi connectivity index (χ3v) is 5.64. The first-order chi connectivity index (χ1) is 9.84. The Labute approximate surface area is 139 Å². The smallest absolute Gasteiger partial charge is 0.155 e. The van der Waals surface area contributed by atoms with Crippen LogP contribution in [0.3, 0.4) is 0 Å². The van der Waals surface area contributed by atoms with Crippen molar-refractivity contribution in [2.24, 2.45) is 5.92 Å². The first-order valence-corrected chi connectivity index (χ1v) is 7.51. The Morgan fingerprint density at radius 3 is 3.14 bits per heavy atom. The van der Waals surface area contributed by atoms with Crippen molar-refractivity contribution >= 4 is 0 Å². The molecule has 108 valence electrons. The van der Waals surface area contributed by atoms with Crippen LogP contribution in [0.1, 0.15) is 30.4 Å². The second-order valence-electron chi connectivity index (χ2n) is 6.36. The van der Waals surface area contributed by atoms with E-state index in [1.165, 1.54) is 30.4 Å². The van der Waals surface area contributed by atoms with Crippen LogP contribution >= 0.6 is 0 Å². The van der Waals surface area contributed by atoms with Gasteiger partial charge < -0.3 is 9.47 Å². The summed E-state index contributed by atoms with van der Waals surface area (Å²) in [7, 11) is 1.75. The molecule has 1 heterocycles. The SMILES string of the molecule is COC1=CC=C2[C@@H]3CCCC24c2c([c-]ccc2C3)O[C@@H]14.[Mo]. The van der Waals surface area contributed by atoms with Crippen molar-refractivity contribution in [3.8, 4) is 5.75 Å². The third-order valence-electron chi connectivity index (χ3n) is 5.64. The molecule has 3 heteroatoms. The molecule has 4 aliphatic rings. The van der Waals surface area contributed by atoms with Crippen LogP contribution in [-0.2, 0) is 37.6 Å². The summed E-state index contributed by atoms with van der Waals surface area (Å²) in [5.74, 6) is 2.61. The van der Waals surface area contributed by atoms with E-state index in [9.17, 15) is 0 Å². The first kappa shape index (κ1) is 13.6. The van der Waals surface area contributed by atoms with E-state index in [1.54, 1.807) is 12.7 Å². The van der Waals surface area contributed by atoms with Crippen molar-refractivity contribution in [1.29, 1.82) is 0 Å². The molecule has 1 fully saturated rings. The molecule has 1 aliphatic heterocycles. The third kappa shape index (κ3) is 1.47. The quantitative estimate of drug-likeness (QED) is 0.565. The van der Waals surface area contributed by atoms with Crippen LogP contribution in [0.2, 0.25) is 0 Å². The standard InChI is InChI=1S/C18H17O2.Mo/c1-19-15-8-7-13-11-5-3-9-18(13)16-12(10-11)4-2-6-14(16)20-17(15)18;/h2,4,7-8,11,17H,3,5,9-10H2,1H3;/q-1;/t11-,17+,18?;/m1./s1. The molecule has 5 rings (SSSR count). The van der Waals surface area contributed by atoms with Crippen LogP contribution in [0.5, 0.6) is 5.75 Å². The molecule has 1 saturated carbocycles. The summed E-state index contributed by atoms with van der Waals surface area (Å²) >= 11 is 0. The van der Waals surface area contributed by atoms with E-state index in [4.69, 9.17) is 9.47 Å². The molecule has 0 N–H and O–H groups in total. The molecule has 0 aromatic heterocycles. The number of benzene rings is 1. The van der Waals surface area contributed by atoms with Crippen LogP contribution in [0.25, 0.3) is 0 Å². The van der Waals surface area contributed by atoms with Gasteiger partial charge in [0.1, 0.15) is 5.76 Å². The molecule has 3 aliphatic carbocycles. The molecule has 1 spiro atoms. The van der Waals surface area contributed by atoms with Crippen LogP contribution in [-0.4, -0.2) is 13.2 Å².